The van der Waals surface area contributed by atoms with Gasteiger partial charge in [-0.2, -0.15) is 9.23 Å². The molecule has 1 N–H and O–H groups in total. The standard InChI is InChI=1S/C32H28N6O5S/c1-43-26-8-10-27(11-9-26)44(41,42)38-28-12-7-22(20-33)19-29(28)37(32(38)40)30(23-5-3-2-4-6-23)31(39)36-18-15-25(21-36)35-24-13-16-34-17-14-24/h2-14,16-17,19,25,30H,15,18,21H2,1H3,(H,34,35)/t25-,30?/m0/s1. The normalized spacial score (nSPS) is 15.5. The second kappa shape index (κ2) is 11.7. The number of nitriles is 1. The summed E-state index contributed by atoms with van der Waals surface area (Å²) in [5.41, 5.74) is 0.890. The van der Waals surface area contributed by atoms with Gasteiger partial charge in [-0.05, 0) is 66.6 Å². The quantitative estimate of drug-likeness (QED) is 0.282. The van der Waals surface area contributed by atoms with E-state index in [-0.39, 0.29) is 33.4 Å². The summed E-state index contributed by atoms with van der Waals surface area (Å²) in [6.07, 6.45) is 4.04. The second-order valence-electron chi connectivity index (χ2n) is 10.4. The molecule has 0 radical (unpaired) electrons. The van der Waals surface area contributed by atoms with Gasteiger partial charge >= 0.3 is 5.69 Å². The smallest absolute Gasteiger partial charge is 0.344 e. The summed E-state index contributed by atoms with van der Waals surface area (Å²) in [4.78, 5) is 34.3. The van der Waals surface area contributed by atoms with Gasteiger partial charge in [-0.25, -0.2) is 13.2 Å². The molecular formula is C32H28N6O5S. The van der Waals surface area contributed by atoms with Crippen molar-refractivity contribution in [2.75, 3.05) is 25.5 Å². The molecule has 1 amide bonds. The third-order valence-corrected chi connectivity index (χ3v) is 9.42. The van der Waals surface area contributed by atoms with E-state index in [4.69, 9.17) is 4.74 Å². The fourth-order valence-electron chi connectivity index (χ4n) is 5.57. The highest BCUT2D eigenvalue weighted by molar-refractivity contribution is 7.90. The Hall–Kier alpha value is -5.41. The predicted molar refractivity (Wildman–Crippen MR) is 164 cm³/mol. The molecule has 0 spiro atoms. The highest BCUT2D eigenvalue weighted by atomic mass is 32.2. The van der Waals surface area contributed by atoms with Crippen molar-refractivity contribution in [3.05, 3.63) is 119 Å². The van der Waals surface area contributed by atoms with E-state index >= 15 is 0 Å². The van der Waals surface area contributed by atoms with Gasteiger partial charge in [0.05, 0.1) is 34.7 Å². The zero-order valence-electron chi connectivity index (χ0n) is 23.7. The van der Waals surface area contributed by atoms with Gasteiger partial charge in [-0.3, -0.25) is 14.3 Å². The Bertz CT molecular complexity index is 2030. The number of benzene rings is 3. The van der Waals surface area contributed by atoms with Crippen LogP contribution in [0.4, 0.5) is 5.69 Å². The van der Waals surface area contributed by atoms with Crippen LogP contribution in [0.3, 0.4) is 0 Å². The van der Waals surface area contributed by atoms with Gasteiger partial charge in [0.15, 0.2) is 0 Å². The van der Waals surface area contributed by atoms with Crippen LogP contribution in [0.15, 0.2) is 107 Å². The number of likely N-dealkylation sites (tertiary alicyclic amines) is 1. The Morgan fingerprint density at radius 1 is 1.02 bits per heavy atom. The Labute approximate surface area is 253 Å². The Balaban J connectivity index is 1.49. The van der Waals surface area contributed by atoms with Crippen molar-refractivity contribution in [3.63, 3.8) is 0 Å². The molecule has 44 heavy (non-hydrogen) atoms. The fourth-order valence-corrected chi connectivity index (χ4v) is 6.97. The average Bonchev–Trinajstić information content (AvgIpc) is 3.64. The summed E-state index contributed by atoms with van der Waals surface area (Å²) in [7, 11) is -2.95. The molecule has 5 aromatic rings. The largest absolute Gasteiger partial charge is 0.497 e. The lowest BCUT2D eigenvalue weighted by Gasteiger charge is -2.25. The van der Waals surface area contributed by atoms with E-state index in [2.05, 4.69) is 16.4 Å². The summed E-state index contributed by atoms with van der Waals surface area (Å²) in [6.45, 7) is 0.817. The molecule has 1 fully saturated rings. The second-order valence-corrected chi connectivity index (χ2v) is 12.2. The number of methoxy groups -OCH3 is 1. The first-order valence-corrected chi connectivity index (χ1v) is 15.3. The van der Waals surface area contributed by atoms with Crippen LogP contribution >= 0.6 is 0 Å². The summed E-state index contributed by atoms with van der Waals surface area (Å²) < 4.78 is 35.0. The number of carbonyl (C=O) groups excluding carboxylic acids is 1. The molecule has 11 nitrogen and oxygen atoms in total. The van der Waals surface area contributed by atoms with Crippen molar-refractivity contribution in [2.45, 2.75) is 23.4 Å². The zero-order chi connectivity index (χ0) is 30.8. The molecule has 2 aromatic heterocycles. The topological polar surface area (TPSA) is 139 Å². The first-order valence-electron chi connectivity index (χ1n) is 13.9. The maximum Gasteiger partial charge on any atom is 0.344 e. The van der Waals surface area contributed by atoms with Crippen LogP contribution in [0.1, 0.15) is 23.6 Å². The molecule has 1 aliphatic heterocycles. The number of ether oxygens (including phenoxy) is 1. The number of amides is 1. The van der Waals surface area contributed by atoms with E-state index in [9.17, 15) is 23.3 Å². The van der Waals surface area contributed by atoms with Crippen LogP contribution in [-0.2, 0) is 14.8 Å². The maximum absolute atomic E-state index is 14.4. The highest BCUT2D eigenvalue weighted by Gasteiger charge is 2.37. The lowest BCUT2D eigenvalue weighted by atomic mass is 10.0. The number of carbonyl (C=O) groups is 1. The molecule has 0 saturated carbocycles. The minimum absolute atomic E-state index is 0.0310. The molecule has 1 aliphatic rings. The number of hydrogen-bond donors (Lipinski definition) is 1. The molecule has 0 bridgehead atoms. The van der Waals surface area contributed by atoms with Crippen LogP contribution < -0.4 is 15.7 Å². The van der Waals surface area contributed by atoms with Crippen LogP contribution in [0, 0.1) is 11.3 Å². The number of anilines is 1. The maximum atomic E-state index is 14.4. The number of pyridine rings is 1. The van der Waals surface area contributed by atoms with Crippen LogP contribution in [0.5, 0.6) is 5.75 Å². The molecule has 1 saturated heterocycles. The van der Waals surface area contributed by atoms with Gasteiger partial charge in [-0.15, -0.1) is 0 Å². The van der Waals surface area contributed by atoms with E-state index < -0.39 is 21.8 Å². The van der Waals surface area contributed by atoms with Crippen molar-refractivity contribution < 1.29 is 17.9 Å². The minimum atomic E-state index is -4.42. The van der Waals surface area contributed by atoms with Crippen LogP contribution in [0.25, 0.3) is 11.0 Å². The van der Waals surface area contributed by atoms with Gasteiger partial charge in [0.2, 0.25) is 0 Å². The number of hydrogen-bond acceptors (Lipinski definition) is 8. The Morgan fingerprint density at radius 3 is 2.43 bits per heavy atom. The number of nitrogens with one attached hydrogen (secondary N) is 1. The van der Waals surface area contributed by atoms with Crippen molar-refractivity contribution in [1.82, 2.24) is 18.4 Å². The average molecular weight is 609 g/mol. The summed E-state index contributed by atoms with van der Waals surface area (Å²) in [5, 5.41) is 13.1. The number of aromatic nitrogens is 3. The van der Waals surface area contributed by atoms with Gasteiger partial charge in [0.1, 0.15) is 11.8 Å². The van der Waals surface area contributed by atoms with Gasteiger partial charge in [0.25, 0.3) is 15.9 Å². The van der Waals surface area contributed by atoms with E-state index in [0.29, 0.717) is 34.8 Å². The lowest BCUT2D eigenvalue weighted by Crippen LogP contribution is -2.41. The molecule has 0 aliphatic carbocycles. The highest BCUT2D eigenvalue weighted by Crippen LogP contribution is 2.30. The fraction of sp³-hybridized carbons (Fsp3) is 0.188. The molecule has 3 heterocycles. The molecule has 3 aromatic carbocycles. The monoisotopic (exact) mass is 608 g/mol. The molecule has 222 valence electrons. The zero-order valence-corrected chi connectivity index (χ0v) is 24.5. The van der Waals surface area contributed by atoms with E-state index in [0.717, 1.165) is 5.69 Å². The first kappa shape index (κ1) is 28.7. The SMILES string of the molecule is COc1ccc(S(=O)(=O)n2c(=O)n(C(C(=O)N3CC[C@H](Nc4ccncc4)C3)c3ccccc3)c3cc(C#N)ccc32)cc1. The summed E-state index contributed by atoms with van der Waals surface area (Å²) >= 11 is 0. The molecule has 6 rings (SSSR count). The number of rotatable bonds is 8. The number of nitrogens with zero attached hydrogens (tertiary/aromatic N) is 5. The minimum Gasteiger partial charge on any atom is -0.497 e. The van der Waals surface area contributed by atoms with Crippen molar-refractivity contribution >= 4 is 32.7 Å². The summed E-state index contributed by atoms with van der Waals surface area (Å²) in [5.74, 6) is 0.0926. The third-order valence-electron chi connectivity index (χ3n) is 7.72. The predicted octanol–water partition coefficient (Wildman–Crippen LogP) is 3.62. The Morgan fingerprint density at radius 2 is 1.75 bits per heavy atom. The van der Waals surface area contributed by atoms with Gasteiger partial charge in [-0.1, -0.05) is 30.3 Å². The van der Waals surface area contributed by atoms with Crippen molar-refractivity contribution in [3.8, 4) is 11.8 Å². The number of imidazole rings is 1. The first-order chi connectivity index (χ1) is 21.3. The molecule has 1 unspecified atom stereocenters. The lowest BCUT2D eigenvalue weighted by molar-refractivity contribution is -0.132. The number of fused-ring (bicyclic) bond motifs is 1. The molecular weight excluding hydrogens is 580 g/mol. The van der Waals surface area contributed by atoms with E-state index in [1.165, 1.54) is 54.1 Å². The summed E-state index contributed by atoms with van der Waals surface area (Å²) in [6, 6.07) is 23.3. The van der Waals surface area contributed by atoms with E-state index in [1.807, 2.05) is 12.1 Å². The molecule has 12 heteroatoms. The van der Waals surface area contributed by atoms with E-state index in [1.54, 1.807) is 47.6 Å². The van der Waals surface area contributed by atoms with Crippen molar-refractivity contribution in [1.29, 1.82) is 5.26 Å². The Kier molecular flexibility index (Phi) is 7.63. The van der Waals surface area contributed by atoms with Gasteiger partial charge < -0.3 is 15.0 Å². The van der Waals surface area contributed by atoms with Crippen molar-refractivity contribution in [2.24, 2.45) is 0 Å². The van der Waals surface area contributed by atoms with Gasteiger partial charge in [0, 0.05) is 37.2 Å². The van der Waals surface area contributed by atoms with Crippen LogP contribution in [-0.4, -0.2) is 59.0 Å². The third kappa shape index (κ3) is 5.18. The molecule has 2 atom stereocenters. The van der Waals surface area contributed by atoms with Crippen LogP contribution in [0.2, 0.25) is 0 Å².